The van der Waals surface area contributed by atoms with Crippen molar-refractivity contribution in [3.05, 3.63) is 71.8 Å². The minimum absolute atomic E-state index is 0.0183. The molecule has 0 aromatic heterocycles. The molecule has 186 valence electrons. The Morgan fingerprint density at radius 1 is 0.853 bits per heavy atom. The van der Waals surface area contributed by atoms with Gasteiger partial charge < -0.3 is 0 Å². The van der Waals surface area contributed by atoms with Crippen molar-refractivity contribution in [2.24, 2.45) is 0 Å². The fourth-order valence-electron chi connectivity index (χ4n) is 4.30. The molecule has 2 heterocycles. The predicted molar refractivity (Wildman–Crippen MR) is 132 cm³/mol. The topological polar surface area (TPSA) is 55.4 Å². The van der Waals surface area contributed by atoms with Gasteiger partial charge in [0.15, 0.2) is 0 Å². The fraction of sp³-hybridized carbons (Fsp3) is 0.556. The van der Waals surface area contributed by atoms with Crippen LogP contribution in [0.3, 0.4) is 0 Å². The summed E-state index contributed by atoms with van der Waals surface area (Å²) in [6, 6.07) is 20.3. The van der Waals surface area contributed by atoms with Gasteiger partial charge in [-0.2, -0.15) is 0 Å². The van der Waals surface area contributed by atoms with E-state index < -0.39 is 26.7 Å². The van der Waals surface area contributed by atoms with Gasteiger partial charge in [0.1, 0.15) is 0 Å². The van der Waals surface area contributed by atoms with Gasteiger partial charge in [0.05, 0.1) is 0 Å². The fourth-order valence-corrected chi connectivity index (χ4v) is 6.43. The first-order chi connectivity index (χ1) is 16.4. The van der Waals surface area contributed by atoms with Gasteiger partial charge in [0, 0.05) is 0 Å². The molecule has 0 bridgehead atoms. The van der Waals surface area contributed by atoms with E-state index in [4.69, 9.17) is 28.4 Å². The van der Waals surface area contributed by atoms with Crippen molar-refractivity contribution in [1.29, 1.82) is 0 Å². The van der Waals surface area contributed by atoms with Crippen molar-refractivity contribution in [3.8, 4) is 0 Å². The van der Waals surface area contributed by atoms with Crippen LogP contribution in [0.5, 0.6) is 0 Å². The monoisotopic (exact) mass is 532 g/mol. The van der Waals surface area contributed by atoms with Gasteiger partial charge in [-0.05, 0) is 0 Å². The molecule has 0 spiro atoms. The van der Waals surface area contributed by atoms with Crippen LogP contribution in [0.1, 0.15) is 25.0 Å². The van der Waals surface area contributed by atoms with E-state index in [-0.39, 0.29) is 24.4 Å². The average Bonchev–Trinajstić information content (AvgIpc) is 3.29. The van der Waals surface area contributed by atoms with Gasteiger partial charge in [-0.1, -0.05) is 24.3 Å². The van der Waals surface area contributed by atoms with Crippen LogP contribution in [0.25, 0.3) is 0 Å². The van der Waals surface area contributed by atoms with Gasteiger partial charge >= 0.3 is 184 Å². The van der Waals surface area contributed by atoms with Crippen LogP contribution >= 0.6 is 0 Å². The Balaban J connectivity index is 1.35. The number of fused-ring (bicyclic) bond motifs is 1. The standard InChI is InChI=1S/C27H37AsO6/c1-27(2)33-24-23(15-28(3)4)32-26(25(24)34-27)31-19-22(30-17-21-13-9-6-10-14-21)18-29-16-20-11-7-5-8-12-20/h5-14,22-26H,15-19H2,1-4H3/t22-,23-,24-,25-,26-/m1/s1. The molecule has 0 aliphatic carbocycles. The maximum atomic E-state index is 6.29. The molecule has 0 radical (unpaired) electrons. The molecular formula is C27H37AsO6. The Hall–Kier alpha value is -1.24. The molecule has 5 atom stereocenters. The zero-order valence-electron chi connectivity index (χ0n) is 20.6. The molecule has 0 N–H and O–H groups in total. The third-order valence-electron chi connectivity index (χ3n) is 5.84. The molecule has 6 nitrogen and oxygen atoms in total. The van der Waals surface area contributed by atoms with Crippen molar-refractivity contribution in [1.82, 2.24) is 0 Å². The molecule has 2 saturated heterocycles. The number of rotatable bonds is 12. The van der Waals surface area contributed by atoms with Gasteiger partial charge in [-0.15, -0.1) is 0 Å². The van der Waals surface area contributed by atoms with E-state index in [1.165, 1.54) is 0 Å². The van der Waals surface area contributed by atoms with Crippen LogP contribution in [0, 0.1) is 0 Å². The van der Waals surface area contributed by atoms with E-state index in [9.17, 15) is 0 Å². The molecule has 7 heteroatoms. The number of ether oxygens (including phenoxy) is 6. The molecule has 0 unspecified atom stereocenters. The average molecular weight is 533 g/mol. The summed E-state index contributed by atoms with van der Waals surface area (Å²) in [7, 11) is 0. The quantitative estimate of drug-likeness (QED) is 0.366. The molecule has 2 aromatic carbocycles. The van der Waals surface area contributed by atoms with Crippen LogP contribution in [-0.4, -0.2) is 64.4 Å². The normalized spacial score (nSPS) is 26.6. The molecule has 2 aliphatic heterocycles. The Bertz CT molecular complexity index is 862. The zero-order valence-corrected chi connectivity index (χ0v) is 22.5. The minimum atomic E-state index is -0.904. The van der Waals surface area contributed by atoms with Crippen LogP contribution in [0.15, 0.2) is 60.7 Å². The van der Waals surface area contributed by atoms with Crippen molar-refractivity contribution in [2.75, 3.05) is 13.2 Å². The van der Waals surface area contributed by atoms with Crippen LogP contribution in [-0.2, 0) is 41.6 Å². The van der Waals surface area contributed by atoms with Gasteiger partial charge in [0.2, 0.25) is 0 Å². The van der Waals surface area contributed by atoms with Crippen LogP contribution in [0.2, 0.25) is 16.6 Å². The molecule has 34 heavy (non-hydrogen) atoms. The second-order valence-electron chi connectivity index (χ2n) is 9.62. The van der Waals surface area contributed by atoms with Crippen molar-refractivity contribution in [3.63, 3.8) is 0 Å². The summed E-state index contributed by atoms with van der Waals surface area (Å²) in [4.78, 5) is 0. The Labute approximate surface area is 208 Å². The number of benzene rings is 2. The van der Waals surface area contributed by atoms with Crippen LogP contribution in [0.4, 0.5) is 0 Å². The first-order valence-corrected chi connectivity index (χ1v) is 17.0. The van der Waals surface area contributed by atoms with Gasteiger partial charge in [-0.25, -0.2) is 0 Å². The van der Waals surface area contributed by atoms with E-state index >= 15 is 0 Å². The number of hydrogen-bond acceptors (Lipinski definition) is 6. The molecule has 0 amide bonds. The summed E-state index contributed by atoms with van der Waals surface area (Å²) in [5.74, 6) is -0.625. The first-order valence-electron chi connectivity index (χ1n) is 11.9. The van der Waals surface area contributed by atoms with Crippen molar-refractivity contribution >= 4 is 14.7 Å². The van der Waals surface area contributed by atoms with Gasteiger partial charge in [0.25, 0.3) is 0 Å². The third kappa shape index (κ3) is 7.38. The molecule has 4 rings (SSSR count). The van der Waals surface area contributed by atoms with E-state index in [1.807, 2.05) is 50.2 Å². The van der Waals surface area contributed by atoms with Crippen molar-refractivity contribution in [2.45, 2.75) is 80.2 Å². The molecular weight excluding hydrogens is 495 g/mol. The Morgan fingerprint density at radius 3 is 2.12 bits per heavy atom. The summed E-state index contributed by atoms with van der Waals surface area (Å²) >= 11 is -0.904. The van der Waals surface area contributed by atoms with E-state index in [2.05, 4.69) is 35.7 Å². The summed E-state index contributed by atoms with van der Waals surface area (Å²) < 4.78 is 37.1. The van der Waals surface area contributed by atoms with Gasteiger partial charge in [-0.3, -0.25) is 0 Å². The van der Waals surface area contributed by atoms with E-state index in [0.29, 0.717) is 26.4 Å². The third-order valence-corrected chi connectivity index (χ3v) is 8.13. The molecule has 0 saturated carbocycles. The number of hydrogen-bond donors (Lipinski definition) is 0. The van der Waals surface area contributed by atoms with Crippen molar-refractivity contribution < 1.29 is 28.4 Å². The van der Waals surface area contributed by atoms with E-state index in [1.54, 1.807) is 0 Å². The maximum absolute atomic E-state index is 6.29. The zero-order chi connectivity index (χ0) is 24.0. The molecule has 2 aliphatic rings. The summed E-state index contributed by atoms with van der Waals surface area (Å²) in [6.45, 7) is 5.71. The summed E-state index contributed by atoms with van der Waals surface area (Å²) in [6.07, 6.45) is -1.00. The summed E-state index contributed by atoms with van der Waals surface area (Å²) in [5.41, 5.74) is 6.91. The SMILES string of the molecule is C[As](C)C[C@H]1O[C@@H](OC[C@@H](COCc2ccccc2)OCc2ccccc2)[C@@H]2OC(C)(C)O[C@@H]21. The molecule has 2 fully saturated rings. The van der Waals surface area contributed by atoms with Crippen LogP contribution < -0.4 is 0 Å². The Kier molecular flexibility index (Phi) is 9.22. The summed E-state index contributed by atoms with van der Waals surface area (Å²) in [5, 5.41) is 1.04. The predicted octanol–water partition coefficient (Wildman–Crippen LogP) is 4.80. The molecule has 2 aromatic rings. The second-order valence-corrected chi connectivity index (χ2v) is 14.9. The Morgan fingerprint density at radius 2 is 1.47 bits per heavy atom. The second kappa shape index (κ2) is 12.1. The van der Waals surface area contributed by atoms with E-state index in [0.717, 1.165) is 16.3 Å². The first kappa shape index (κ1) is 25.8.